The van der Waals surface area contributed by atoms with Crippen LogP contribution in [0.3, 0.4) is 0 Å². The zero-order chi connectivity index (χ0) is 6.24. The van der Waals surface area contributed by atoms with Gasteiger partial charge in [0, 0.05) is 16.5 Å². The number of hydrogen-bond acceptors (Lipinski definition) is 0. The third-order valence-corrected chi connectivity index (χ3v) is 5.32. The van der Waals surface area contributed by atoms with E-state index < -0.39 is 0 Å². The molecule has 0 radical (unpaired) electrons. The number of hydrogen-bond donors (Lipinski definition) is 0. The molecule has 0 aromatic heterocycles. The Bertz CT molecular complexity index is 31.5. The Morgan fingerprint density at radius 3 is 2.62 bits per heavy atom. The van der Waals surface area contributed by atoms with Gasteiger partial charge in [-0.3, -0.25) is 0 Å². The van der Waals surface area contributed by atoms with E-state index in [4.69, 9.17) is 0 Å². The fraction of sp³-hybridized carbons (Fsp3) is 1.00. The van der Waals surface area contributed by atoms with Crippen LogP contribution in [-0.4, -0.2) is 12.3 Å². The minimum absolute atomic E-state index is 0.841. The third kappa shape index (κ3) is 6.86. The normalized spacial score (nSPS) is 12.8. The summed E-state index contributed by atoms with van der Waals surface area (Å²) < 4.78 is 0. The quantitative estimate of drug-likeness (QED) is 0.418. The molecule has 0 aromatic carbocycles. The standard InChI is InChI=1S/C6H16P2/c1-3-5-6-8-7-4-2/h7-8H,3-6H2,1-2H3/p+1. The Morgan fingerprint density at radius 1 is 1.38 bits per heavy atom. The van der Waals surface area contributed by atoms with E-state index in [1.165, 1.54) is 33.4 Å². The van der Waals surface area contributed by atoms with Gasteiger partial charge in [0.15, 0.2) is 0 Å². The fourth-order valence-corrected chi connectivity index (χ4v) is 3.67. The molecule has 0 saturated heterocycles. The lowest BCUT2D eigenvalue weighted by Crippen LogP contribution is -1.69. The van der Waals surface area contributed by atoms with Gasteiger partial charge >= 0.3 is 0 Å². The van der Waals surface area contributed by atoms with Crippen LogP contribution in [0.2, 0.25) is 0 Å². The van der Waals surface area contributed by atoms with E-state index in [1.807, 2.05) is 0 Å². The molecule has 0 saturated carbocycles. The first-order valence-corrected chi connectivity index (χ1v) is 7.30. The summed E-state index contributed by atoms with van der Waals surface area (Å²) in [6.07, 6.45) is 5.82. The predicted molar refractivity (Wildman–Crippen MR) is 48.3 cm³/mol. The van der Waals surface area contributed by atoms with Crippen molar-refractivity contribution in [3.8, 4) is 0 Å². The van der Waals surface area contributed by atoms with Crippen molar-refractivity contribution in [1.29, 1.82) is 0 Å². The summed E-state index contributed by atoms with van der Waals surface area (Å²) in [6.45, 7) is 4.57. The van der Waals surface area contributed by atoms with Crippen LogP contribution in [0.5, 0.6) is 0 Å². The first-order chi connectivity index (χ1) is 3.91. The van der Waals surface area contributed by atoms with Crippen LogP contribution < -0.4 is 0 Å². The third-order valence-electron chi connectivity index (χ3n) is 1.02. The average molecular weight is 151 g/mol. The Kier molecular flexibility index (Phi) is 8.70. The Balaban J connectivity index is 2.53. The fourth-order valence-electron chi connectivity index (χ4n) is 0.525. The lowest BCUT2D eigenvalue weighted by Gasteiger charge is -1.88. The van der Waals surface area contributed by atoms with Crippen LogP contribution in [-0.2, 0) is 0 Å². The van der Waals surface area contributed by atoms with Crippen LogP contribution in [0.15, 0.2) is 0 Å². The minimum atomic E-state index is 0.841. The molecule has 0 N–H and O–H groups in total. The van der Waals surface area contributed by atoms with Crippen LogP contribution in [0, 0.1) is 0 Å². The molecule has 2 unspecified atom stereocenters. The van der Waals surface area contributed by atoms with Crippen molar-refractivity contribution in [1.82, 2.24) is 0 Å². The number of rotatable bonds is 5. The maximum absolute atomic E-state index is 2.30. The molecule has 0 aliphatic rings. The Morgan fingerprint density at radius 2 is 2.12 bits per heavy atom. The summed E-state index contributed by atoms with van der Waals surface area (Å²) >= 11 is 0. The van der Waals surface area contributed by atoms with Gasteiger partial charge in [-0.15, -0.1) is 0 Å². The summed E-state index contributed by atoms with van der Waals surface area (Å²) in [5.74, 6) is 0. The summed E-state index contributed by atoms with van der Waals surface area (Å²) in [5.41, 5.74) is 0. The van der Waals surface area contributed by atoms with Crippen LogP contribution in [0.25, 0.3) is 0 Å². The van der Waals surface area contributed by atoms with Crippen molar-refractivity contribution in [2.75, 3.05) is 12.3 Å². The monoisotopic (exact) mass is 151 g/mol. The van der Waals surface area contributed by atoms with Gasteiger partial charge in [-0.1, -0.05) is 13.3 Å². The van der Waals surface area contributed by atoms with E-state index in [1.54, 1.807) is 0 Å². The van der Waals surface area contributed by atoms with Crippen molar-refractivity contribution < 1.29 is 0 Å². The molecule has 0 spiro atoms. The highest BCUT2D eigenvalue weighted by Crippen LogP contribution is 2.36. The number of unbranched alkanes of at least 4 members (excludes halogenated alkanes) is 1. The molecular formula is C6H17P2+. The smallest absolute Gasteiger partial charge is 0.0540 e. The zero-order valence-corrected chi connectivity index (χ0v) is 8.06. The molecule has 0 fully saturated rings. The van der Waals surface area contributed by atoms with Crippen molar-refractivity contribution >= 4 is 16.5 Å². The lowest BCUT2D eigenvalue weighted by molar-refractivity contribution is 0.896. The van der Waals surface area contributed by atoms with Gasteiger partial charge in [-0.25, -0.2) is 0 Å². The molecule has 8 heavy (non-hydrogen) atoms. The van der Waals surface area contributed by atoms with Gasteiger partial charge in [0.25, 0.3) is 0 Å². The van der Waals surface area contributed by atoms with Gasteiger partial charge in [-0.05, 0) is 19.5 Å². The van der Waals surface area contributed by atoms with Gasteiger partial charge in [0.1, 0.15) is 0 Å². The minimum Gasteiger partial charge on any atom is -0.0654 e. The molecule has 0 aromatic rings. The highest BCUT2D eigenvalue weighted by Gasteiger charge is 1.88. The maximum Gasteiger partial charge on any atom is 0.0540 e. The molecule has 2 heteroatoms. The van der Waals surface area contributed by atoms with E-state index in [0.29, 0.717) is 0 Å². The maximum atomic E-state index is 2.30. The largest absolute Gasteiger partial charge is 0.0654 e. The first-order valence-electron chi connectivity index (χ1n) is 3.46. The van der Waals surface area contributed by atoms with Crippen molar-refractivity contribution in [2.45, 2.75) is 26.7 Å². The van der Waals surface area contributed by atoms with Crippen LogP contribution in [0.1, 0.15) is 26.7 Å². The van der Waals surface area contributed by atoms with Crippen molar-refractivity contribution in [3.63, 3.8) is 0 Å². The second kappa shape index (κ2) is 7.86. The molecule has 0 rings (SSSR count). The zero-order valence-electron chi connectivity index (χ0n) is 5.91. The summed E-state index contributed by atoms with van der Waals surface area (Å²) in [4.78, 5) is 0. The van der Waals surface area contributed by atoms with Crippen LogP contribution >= 0.6 is 16.5 Å². The van der Waals surface area contributed by atoms with Gasteiger partial charge in [-0.2, -0.15) is 0 Å². The Hall–Kier alpha value is 0.860. The second-order valence-electron chi connectivity index (χ2n) is 1.92. The highest BCUT2D eigenvalue weighted by atomic mass is 32.0. The topological polar surface area (TPSA) is 0 Å². The van der Waals surface area contributed by atoms with Gasteiger partial charge < -0.3 is 0 Å². The second-order valence-corrected chi connectivity index (χ2v) is 6.50. The van der Waals surface area contributed by atoms with E-state index >= 15 is 0 Å². The van der Waals surface area contributed by atoms with Crippen molar-refractivity contribution in [3.05, 3.63) is 0 Å². The molecule has 0 aliphatic carbocycles. The first kappa shape index (κ1) is 8.86. The molecule has 50 valence electrons. The molecule has 2 atom stereocenters. The summed E-state index contributed by atoms with van der Waals surface area (Å²) in [6, 6.07) is 0. The summed E-state index contributed by atoms with van der Waals surface area (Å²) in [5, 5.41) is 0. The Labute approximate surface area is 56.3 Å². The molecule has 0 heterocycles. The SMILES string of the molecule is CCCCP[PH2+]CC. The van der Waals surface area contributed by atoms with E-state index in [0.717, 1.165) is 8.27 Å². The summed E-state index contributed by atoms with van der Waals surface area (Å²) in [7, 11) is 2.16. The van der Waals surface area contributed by atoms with E-state index in [9.17, 15) is 0 Å². The molecule has 0 aliphatic heterocycles. The van der Waals surface area contributed by atoms with Gasteiger partial charge in [0.2, 0.25) is 0 Å². The van der Waals surface area contributed by atoms with E-state index in [2.05, 4.69) is 13.8 Å². The molecule has 0 nitrogen and oxygen atoms in total. The highest BCUT2D eigenvalue weighted by molar-refractivity contribution is 8.11. The predicted octanol–water partition coefficient (Wildman–Crippen LogP) is 2.81. The van der Waals surface area contributed by atoms with Crippen molar-refractivity contribution in [2.24, 2.45) is 0 Å². The lowest BCUT2D eigenvalue weighted by atomic mass is 10.4. The average Bonchev–Trinajstić information content (AvgIpc) is 1.81. The van der Waals surface area contributed by atoms with Crippen LogP contribution in [0.4, 0.5) is 0 Å². The van der Waals surface area contributed by atoms with E-state index in [-0.39, 0.29) is 0 Å². The van der Waals surface area contributed by atoms with Gasteiger partial charge in [0.05, 0.1) is 6.16 Å². The molecule has 0 amide bonds. The molecule has 0 bridgehead atoms. The molecular weight excluding hydrogens is 134 g/mol.